The number of hydrogen-bond donors (Lipinski definition) is 3. The number of carbonyl (C=O) groups excluding carboxylic acids is 1. The standard InChI is InChI=1S/C9H11N.C6H14N2O/c1-2-4-9-7-10-6-5-8(9)3-1;1-2-3-4-5-8-6(7)9/h1-4,10H,5-7H2;2-5H2,1H3,(H3,7,8,9). The molecule has 1 aromatic carbocycles. The molecule has 0 aromatic heterocycles. The van der Waals surface area contributed by atoms with E-state index in [2.05, 4.69) is 41.8 Å². The van der Waals surface area contributed by atoms with Crippen molar-refractivity contribution in [2.45, 2.75) is 39.2 Å². The maximum Gasteiger partial charge on any atom is 0.312 e. The molecule has 0 saturated carbocycles. The van der Waals surface area contributed by atoms with Gasteiger partial charge in [-0.2, -0.15) is 0 Å². The van der Waals surface area contributed by atoms with Crippen LogP contribution in [0.25, 0.3) is 0 Å². The molecular formula is C15H25N3O. The summed E-state index contributed by atoms with van der Waals surface area (Å²) in [6.07, 6.45) is 4.54. The molecule has 4 heteroatoms. The Bertz CT molecular complexity index is 354. The summed E-state index contributed by atoms with van der Waals surface area (Å²) in [5.74, 6) is 0. The number of rotatable bonds is 4. The lowest BCUT2D eigenvalue weighted by Crippen LogP contribution is -2.29. The van der Waals surface area contributed by atoms with Gasteiger partial charge in [0.15, 0.2) is 0 Å². The van der Waals surface area contributed by atoms with Crippen LogP contribution in [0.5, 0.6) is 0 Å². The number of benzene rings is 1. The molecule has 2 rings (SSSR count). The molecule has 1 aromatic rings. The molecule has 1 aliphatic heterocycles. The minimum Gasteiger partial charge on any atom is -0.352 e. The second kappa shape index (κ2) is 9.39. The van der Waals surface area contributed by atoms with Crippen molar-refractivity contribution in [3.05, 3.63) is 35.4 Å². The van der Waals surface area contributed by atoms with E-state index < -0.39 is 6.03 Å². The lowest BCUT2D eigenvalue weighted by Gasteiger charge is -2.15. The van der Waals surface area contributed by atoms with Crippen molar-refractivity contribution >= 4 is 6.03 Å². The summed E-state index contributed by atoms with van der Waals surface area (Å²) in [5, 5.41) is 5.86. The molecule has 106 valence electrons. The highest BCUT2D eigenvalue weighted by Gasteiger charge is 2.05. The fourth-order valence-corrected chi connectivity index (χ4v) is 2.01. The minimum atomic E-state index is -0.425. The van der Waals surface area contributed by atoms with Crippen LogP contribution in [0.1, 0.15) is 37.3 Å². The highest BCUT2D eigenvalue weighted by Crippen LogP contribution is 2.11. The van der Waals surface area contributed by atoms with Crippen molar-refractivity contribution < 1.29 is 4.79 Å². The molecule has 0 fully saturated rings. The number of hydrogen-bond acceptors (Lipinski definition) is 2. The van der Waals surface area contributed by atoms with E-state index in [4.69, 9.17) is 5.73 Å². The fourth-order valence-electron chi connectivity index (χ4n) is 2.01. The van der Waals surface area contributed by atoms with Crippen LogP contribution in [0.4, 0.5) is 4.79 Å². The number of urea groups is 1. The number of carbonyl (C=O) groups is 1. The van der Waals surface area contributed by atoms with Gasteiger partial charge in [-0.1, -0.05) is 44.0 Å². The molecule has 0 radical (unpaired) electrons. The first kappa shape index (κ1) is 15.5. The van der Waals surface area contributed by atoms with E-state index in [1.807, 2.05) is 0 Å². The smallest absolute Gasteiger partial charge is 0.312 e. The quantitative estimate of drug-likeness (QED) is 0.729. The molecule has 1 aliphatic rings. The average molecular weight is 263 g/mol. The first-order valence-electron chi connectivity index (χ1n) is 7.05. The topological polar surface area (TPSA) is 67.1 Å². The monoisotopic (exact) mass is 263 g/mol. The zero-order valence-corrected chi connectivity index (χ0v) is 11.7. The Hall–Kier alpha value is -1.55. The Labute approximate surface area is 115 Å². The normalized spacial score (nSPS) is 12.9. The van der Waals surface area contributed by atoms with Crippen molar-refractivity contribution in [3.63, 3.8) is 0 Å². The Balaban J connectivity index is 0.000000192. The van der Waals surface area contributed by atoms with Crippen LogP contribution >= 0.6 is 0 Å². The Morgan fingerprint density at radius 3 is 2.68 bits per heavy atom. The van der Waals surface area contributed by atoms with Crippen LogP contribution in [0.15, 0.2) is 24.3 Å². The summed E-state index contributed by atoms with van der Waals surface area (Å²) in [6.45, 7) is 5.01. The van der Waals surface area contributed by atoms with E-state index in [0.717, 1.165) is 25.9 Å². The molecule has 4 N–H and O–H groups in total. The molecular weight excluding hydrogens is 238 g/mol. The first-order chi connectivity index (χ1) is 9.24. The van der Waals surface area contributed by atoms with Gasteiger partial charge in [0.25, 0.3) is 0 Å². The van der Waals surface area contributed by atoms with E-state index in [9.17, 15) is 4.79 Å². The van der Waals surface area contributed by atoms with Crippen LogP contribution in [-0.4, -0.2) is 19.1 Å². The zero-order chi connectivity index (χ0) is 13.9. The lowest BCUT2D eigenvalue weighted by molar-refractivity contribution is 0.248. The molecule has 0 aliphatic carbocycles. The highest BCUT2D eigenvalue weighted by molar-refractivity contribution is 5.71. The van der Waals surface area contributed by atoms with Gasteiger partial charge in [-0.3, -0.25) is 0 Å². The molecule has 1 heterocycles. The van der Waals surface area contributed by atoms with E-state index >= 15 is 0 Å². The fraction of sp³-hybridized carbons (Fsp3) is 0.533. The molecule has 4 nitrogen and oxygen atoms in total. The number of amides is 2. The van der Waals surface area contributed by atoms with Crippen molar-refractivity contribution in [2.24, 2.45) is 5.73 Å². The summed E-state index contributed by atoms with van der Waals surface area (Å²) in [5.41, 5.74) is 7.81. The molecule has 0 atom stereocenters. The molecule has 0 spiro atoms. The highest BCUT2D eigenvalue weighted by atomic mass is 16.2. The second-order valence-corrected chi connectivity index (χ2v) is 4.69. The van der Waals surface area contributed by atoms with Crippen molar-refractivity contribution in [2.75, 3.05) is 13.1 Å². The van der Waals surface area contributed by atoms with E-state index in [-0.39, 0.29) is 0 Å². The van der Waals surface area contributed by atoms with E-state index in [1.165, 1.54) is 24.0 Å². The van der Waals surface area contributed by atoms with E-state index in [0.29, 0.717) is 6.54 Å². The molecule has 19 heavy (non-hydrogen) atoms. The van der Waals surface area contributed by atoms with Crippen molar-refractivity contribution in [1.29, 1.82) is 0 Å². The third kappa shape index (κ3) is 6.82. The van der Waals surface area contributed by atoms with Gasteiger partial charge in [-0.25, -0.2) is 4.79 Å². The van der Waals surface area contributed by atoms with Gasteiger partial charge >= 0.3 is 6.03 Å². The number of nitrogens with two attached hydrogens (primary N) is 1. The lowest BCUT2D eigenvalue weighted by atomic mass is 10.0. The average Bonchev–Trinajstić information content (AvgIpc) is 2.44. The predicted octanol–water partition coefficient (Wildman–Crippen LogP) is 2.18. The molecule has 0 unspecified atom stereocenters. The first-order valence-corrected chi connectivity index (χ1v) is 7.05. The number of unbranched alkanes of at least 4 members (excludes halogenated alkanes) is 2. The van der Waals surface area contributed by atoms with Crippen molar-refractivity contribution in [3.8, 4) is 0 Å². The largest absolute Gasteiger partial charge is 0.352 e. The maximum absolute atomic E-state index is 10.1. The Morgan fingerprint density at radius 1 is 1.32 bits per heavy atom. The maximum atomic E-state index is 10.1. The van der Waals surface area contributed by atoms with Gasteiger partial charge in [-0.05, 0) is 30.5 Å². The van der Waals surface area contributed by atoms with Crippen LogP contribution < -0.4 is 16.4 Å². The summed E-state index contributed by atoms with van der Waals surface area (Å²) in [4.78, 5) is 10.1. The number of nitrogens with one attached hydrogen (secondary N) is 2. The number of fused-ring (bicyclic) bond motifs is 1. The Kier molecular flexibility index (Phi) is 7.66. The van der Waals surface area contributed by atoms with Crippen LogP contribution in [0, 0.1) is 0 Å². The van der Waals surface area contributed by atoms with E-state index in [1.54, 1.807) is 0 Å². The third-order valence-corrected chi connectivity index (χ3v) is 3.08. The summed E-state index contributed by atoms with van der Waals surface area (Å²) >= 11 is 0. The predicted molar refractivity (Wildman–Crippen MR) is 79.0 cm³/mol. The molecule has 0 bridgehead atoms. The van der Waals surface area contributed by atoms with Gasteiger partial charge in [0, 0.05) is 13.1 Å². The third-order valence-electron chi connectivity index (χ3n) is 3.08. The molecule has 2 amide bonds. The van der Waals surface area contributed by atoms with Crippen LogP contribution in [0.3, 0.4) is 0 Å². The second-order valence-electron chi connectivity index (χ2n) is 4.69. The minimum absolute atomic E-state index is 0.425. The van der Waals surface area contributed by atoms with Gasteiger partial charge in [0.1, 0.15) is 0 Å². The van der Waals surface area contributed by atoms with Gasteiger partial charge in [-0.15, -0.1) is 0 Å². The SMILES string of the molecule is CCCCCNC(N)=O.c1ccc2c(c1)CCNC2. The van der Waals surface area contributed by atoms with Crippen LogP contribution in [-0.2, 0) is 13.0 Å². The zero-order valence-electron chi connectivity index (χ0n) is 11.7. The number of primary amides is 1. The molecule has 0 saturated heterocycles. The van der Waals surface area contributed by atoms with Gasteiger partial charge in [0.05, 0.1) is 0 Å². The summed E-state index contributed by atoms with van der Waals surface area (Å²) in [6, 6.07) is 8.21. The Morgan fingerprint density at radius 2 is 2.05 bits per heavy atom. The van der Waals surface area contributed by atoms with Gasteiger partial charge < -0.3 is 16.4 Å². The van der Waals surface area contributed by atoms with Crippen LogP contribution in [0.2, 0.25) is 0 Å². The summed E-state index contributed by atoms with van der Waals surface area (Å²) in [7, 11) is 0. The van der Waals surface area contributed by atoms with Crippen molar-refractivity contribution in [1.82, 2.24) is 10.6 Å². The summed E-state index contributed by atoms with van der Waals surface area (Å²) < 4.78 is 0. The van der Waals surface area contributed by atoms with Gasteiger partial charge in [0.2, 0.25) is 0 Å².